The highest BCUT2D eigenvalue weighted by atomic mass is 14.7. The fraction of sp³-hybridized carbons (Fsp3) is 0.381. The highest BCUT2D eigenvalue weighted by Crippen LogP contribution is 2.39. The summed E-state index contributed by atoms with van der Waals surface area (Å²) >= 11 is 0. The molecule has 2 aromatic carbocycles. The van der Waals surface area contributed by atoms with Crippen molar-refractivity contribution >= 4 is 21.8 Å². The molecule has 1 heteroatoms. The molecule has 0 aliphatic rings. The predicted octanol–water partition coefficient (Wildman–Crippen LogP) is 6.32. The van der Waals surface area contributed by atoms with Crippen molar-refractivity contribution in [1.82, 2.24) is 4.98 Å². The molecular weight excluding hydrogens is 266 g/mol. The largest absolute Gasteiger partial charge is 0.248 e. The Morgan fingerprint density at radius 1 is 0.864 bits per heavy atom. The second-order valence-electron chi connectivity index (χ2n) is 7.43. The number of pyridine rings is 1. The van der Waals surface area contributed by atoms with Crippen molar-refractivity contribution < 1.29 is 0 Å². The van der Waals surface area contributed by atoms with Gasteiger partial charge in [0.1, 0.15) is 0 Å². The molecule has 0 fully saturated rings. The summed E-state index contributed by atoms with van der Waals surface area (Å²) in [4.78, 5) is 4.85. The van der Waals surface area contributed by atoms with Gasteiger partial charge in [0, 0.05) is 10.8 Å². The summed E-state index contributed by atoms with van der Waals surface area (Å²) in [6.45, 7) is 9.31. The average Bonchev–Trinajstić information content (AvgIpc) is 2.49. The topological polar surface area (TPSA) is 12.9 Å². The molecule has 0 aliphatic heterocycles. The van der Waals surface area contributed by atoms with Crippen LogP contribution < -0.4 is 0 Å². The molecule has 0 radical (unpaired) electrons. The molecule has 1 atom stereocenters. The zero-order valence-electron chi connectivity index (χ0n) is 14.1. The van der Waals surface area contributed by atoms with Gasteiger partial charge in [0.05, 0.1) is 11.0 Å². The van der Waals surface area contributed by atoms with Gasteiger partial charge in [-0.05, 0) is 41.9 Å². The Balaban J connectivity index is 2.31. The maximum Gasteiger partial charge on any atom is 0.0712 e. The first kappa shape index (κ1) is 15.0. The number of hydrogen-bond acceptors (Lipinski definition) is 1. The molecule has 1 aromatic heterocycles. The van der Waals surface area contributed by atoms with E-state index in [9.17, 15) is 0 Å². The van der Waals surface area contributed by atoms with Gasteiger partial charge in [-0.1, -0.05) is 64.1 Å². The minimum absolute atomic E-state index is 0.326. The van der Waals surface area contributed by atoms with Crippen LogP contribution in [0.15, 0.2) is 48.5 Å². The van der Waals surface area contributed by atoms with Crippen LogP contribution in [0.25, 0.3) is 21.8 Å². The molecular formula is C21H25N. The molecule has 22 heavy (non-hydrogen) atoms. The minimum atomic E-state index is 0.326. The molecule has 0 saturated heterocycles. The van der Waals surface area contributed by atoms with Crippen LogP contribution in [0.2, 0.25) is 0 Å². The Labute approximate surface area is 133 Å². The molecule has 3 aromatic rings. The number of para-hydroxylation sites is 2. The maximum atomic E-state index is 4.85. The summed E-state index contributed by atoms with van der Waals surface area (Å²) in [6.07, 6.45) is 2.36. The lowest BCUT2D eigenvalue weighted by atomic mass is 9.78. The van der Waals surface area contributed by atoms with Crippen LogP contribution in [0.4, 0.5) is 0 Å². The van der Waals surface area contributed by atoms with Gasteiger partial charge in [-0.25, -0.2) is 4.98 Å². The standard InChI is InChI=1S/C21H25N/c1-5-15(14-21(2,3)4)20-16-10-6-8-12-18(16)22-19-13-9-7-11-17(19)20/h6-13,15H,5,14H2,1-4H3. The number of hydrogen-bond donors (Lipinski definition) is 0. The number of benzene rings is 2. The molecule has 0 aliphatic carbocycles. The third-order valence-electron chi connectivity index (χ3n) is 4.39. The van der Waals surface area contributed by atoms with Crippen LogP contribution in [-0.4, -0.2) is 4.98 Å². The third-order valence-corrected chi connectivity index (χ3v) is 4.39. The van der Waals surface area contributed by atoms with Crippen LogP contribution in [0.3, 0.4) is 0 Å². The number of nitrogens with zero attached hydrogens (tertiary/aromatic N) is 1. The van der Waals surface area contributed by atoms with Crippen molar-refractivity contribution in [3.8, 4) is 0 Å². The first-order valence-corrected chi connectivity index (χ1v) is 8.27. The van der Waals surface area contributed by atoms with Crippen LogP contribution in [0.5, 0.6) is 0 Å². The summed E-state index contributed by atoms with van der Waals surface area (Å²) in [7, 11) is 0. The summed E-state index contributed by atoms with van der Waals surface area (Å²) in [6, 6.07) is 17.2. The lowest BCUT2D eigenvalue weighted by Crippen LogP contribution is -2.12. The lowest BCUT2D eigenvalue weighted by molar-refractivity contribution is 0.337. The number of rotatable bonds is 3. The van der Waals surface area contributed by atoms with Gasteiger partial charge in [-0.3, -0.25) is 0 Å². The normalized spacial score (nSPS) is 13.6. The van der Waals surface area contributed by atoms with Gasteiger partial charge in [0.15, 0.2) is 0 Å². The zero-order valence-corrected chi connectivity index (χ0v) is 14.1. The summed E-state index contributed by atoms with van der Waals surface area (Å²) in [5, 5.41) is 2.63. The first-order valence-electron chi connectivity index (χ1n) is 8.27. The van der Waals surface area contributed by atoms with Gasteiger partial charge >= 0.3 is 0 Å². The quantitative estimate of drug-likeness (QED) is 0.515. The first-order chi connectivity index (χ1) is 10.5. The van der Waals surface area contributed by atoms with Crippen molar-refractivity contribution in [3.63, 3.8) is 0 Å². The van der Waals surface area contributed by atoms with Crippen molar-refractivity contribution in [2.75, 3.05) is 0 Å². The summed E-state index contributed by atoms with van der Waals surface area (Å²) in [5.74, 6) is 0.567. The van der Waals surface area contributed by atoms with Crippen molar-refractivity contribution in [1.29, 1.82) is 0 Å². The Morgan fingerprint density at radius 2 is 1.36 bits per heavy atom. The van der Waals surface area contributed by atoms with E-state index in [0.717, 1.165) is 17.5 Å². The van der Waals surface area contributed by atoms with E-state index in [4.69, 9.17) is 4.98 Å². The SMILES string of the molecule is CCC(CC(C)(C)C)c1c2ccccc2nc2ccccc12. The highest BCUT2D eigenvalue weighted by molar-refractivity contribution is 5.97. The molecule has 0 saturated carbocycles. The number of fused-ring (bicyclic) bond motifs is 2. The Bertz CT molecular complexity index is 742. The summed E-state index contributed by atoms with van der Waals surface area (Å²) < 4.78 is 0. The molecule has 3 rings (SSSR count). The van der Waals surface area contributed by atoms with E-state index in [2.05, 4.69) is 76.2 Å². The smallest absolute Gasteiger partial charge is 0.0712 e. The fourth-order valence-electron chi connectivity index (χ4n) is 3.50. The third kappa shape index (κ3) is 2.85. The van der Waals surface area contributed by atoms with E-state index in [-0.39, 0.29) is 0 Å². The van der Waals surface area contributed by atoms with E-state index in [1.54, 1.807) is 0 Å². The molecule has 0 N–H and O–H groups in total. The second-order valence-corrected chi connectivity index (χ2v) is 7.43. The minimum Gasteiger partial charge on any atom is -0.248 e. The van der Waals surface area contributed by atoms with Crippen LogP contribution >= 0.6 is 0 Å². The second kappa shape index (κ2) is 5.72. The van der Waals surface area contributed by atoms with Crippen LogP contribution in [-0.2, 0) is 0 Å². The average molecular weight is 291 g/mol. The molecule has 0 spiro atoms. The molecule has 114 valence electrons. The number of aromatic nitrogens is 1. The van der Waals surface area contributed by atoms with E-state index in [0.29, 0.717) is 11.3 Å². The monoisotopic (exact) mass is 291 g/mol. The highest BCUT2D eigenvalue weighted by Gasteiger charge is 2.22. The van der Waals surface area contributed by atoms with Gasteiger partial charge in [-0.15, -0.1) is 0 Å². The van der Waals surface area contributed by atoms with Gasteiger partial charge in [-0.2, -0.15) is 0 Å². The lowest BCUT2D eigenvalue weighted by Gasteiger charge is -2.27. The van der Waals surface area contributed by atoms with Gasteiger partial charge in [0.25, 0.3) is 0 Å². The maximum absolute atomic E-state index is 4.85. The van der Waals surface area contributed by atoms with Gasteiger partial charge < -0.3 is 0 Å². The van der Waals surface area contributed by atoms with E-state index >= 15 is 0 Å². The molecule has 1 nitrogen and oxygen atoms in total. The van der Waals surface area contributed by atoms with Crippen molar-refractivity contribution in [2.45, 2.75) is 46.5 Å². The molecule has 1 unspecified atom stereocenters. The Morgan fingerprint density at radius 3 is 1.82 bits per heavy atom. The van der Waals surface area contributed by atoms with E-state index in [1.165, 1.54) is 22.8 Å². The Kier molecular flexibility index (Phi) is 3.90. The molecule has 0 bridgehead atoms. The zero-order chi connectivity index (χ0) is 15.7. The van der Waals surface area contributed by atoms with Gasteiger partial charge in [0.2, 0.25) is 0 Å². The van der Waals surface area contributed by atoms with Crippen LogP contribution in [0, 0.1) is 5.41 Å². The molecule has 0 amide bonds. The van der Waals surface area contributed by atoms with E-state index in [1.807, 2.05) is 0 Å². The Hall–Kier alpha value is -1.89. The fourth-order valence-corrected chi connectivity index (χ4v) is 3.50. The van der Waals surface area contributed by atoms with Crippen LogP contribution in [0.1, 0.15) is 52.0 Å². The summed E-state index contributed by atoms with van der Waals surface area (Å²) in [5.41, 5.74) is 4.04. The van der Waals surface area contributed by atoms with Crippen molar-refractivity contribution in [3.05, 3.63) is 54.1 Å². The molecule has 1 heterocycles. The predicted molar refractivity (Wildman–Crippen MR) is 96.4 cm³/mol. The van der Waals surface area contributed by atoms with Crippen molar-refractivity contribution in [2.24, 2.45) is 5.41 Å². The van der Waals surface area contributed by atoms with E-state index < -0.39 is 0 Å².